The molecule has 43 heavy (non-hydrogen) atoms. The van der Waals surface area contributed by atoms with Gasteiger partial charge in [-0.15, -0.1) is 0 Å². The number of hydrogen-bond acceptors (Lipinski definition) is 3. The highest BCUT2D eigenvalue weighted by Crippen LogP contribution is 2.41. The van der Waals surface area contributed by atoms with E-state index in [0.717, 1.165) is 38.5 Å². The maximum absolute atomic E-state index is 12.8. The number of nitrogens with two attached hydrogens (primary N) is 1. The highest BCUT2D eigenvalue weighted by Gasteiger charge is 2.26. The topological polar surface area (TPSA) is 77.2 Å². The Kier molecular flexibility index (Phi) is 33.5. The Morgan fingerprint density at radius 3 is 0.791 bits per heavy atom. The van der Waals surface area contributed by atoms with Crippen molar-refractivity contribution in [3.63, 3.8) is 0 Å². The molecule has 0 bridgehead atoms. The molecule has 0 atom stereocenters. The molecule has 0 unspecified atom stereocenters. The summed E-state index contributed by atoms with van der Waals surface area (Å²) in [7, 11) is -1.56. The van der Waals surface area contributed by atoms with Crippen LogP contribution in [-0.2, 0) is 14.4 Å². The van der Waals surface area contributed by atoms with Gasteiger partial charge in [-0.2, -0.15) is 0 Å². The van der Waals surface area contributed by atoms with Gasteiger partial charge in [-0.3, -0.25) is 14.4 Å². The van der Waals surface area contributed by atoms with Gasteiger partial charge in [-0.1, -0.05) is 194 Å². The number of unbranched alkanes of at least 4 members (excludes halogenated alkanes) is 28. The molecule has 0 aliphatic heterocycles. The first kappa shape index (κ1) is 42.2. The van der Waals surface area contributed by atoms with Crippen molar-refractivity contribution in [2.75, 3.05) is 6.16 Å². The minimum absolute atomic E-state index is 0.00514. The molecule has 5 heteroatoms. The van der Waals surface area contributed by atoms with E-state index in [2.05, 4.69) is 13.8 Å². The number of carbonyl (C=O) groups excluding carboxylic acids is 3. The number of carbonyl (C=O) groups is 3. The fourth-order valence-corrected chi connectivity index (χ4v) is 7.83. The quantitative estimate of drug-likeness (QED) is 0.0557. The highest BCUT2D eigenvalue weighted by molar-refractivity contribution is 7.89. The maximum atomic E-state index is 12.8. The molecule has 0 rings (SSSR count). The third-order valence-corrected chi connectivity index (χ3v) is 11.2. The van der Waals surface area contributed by atoms with Gasteiger partial charge < -0.3 is 5.73 Å². The Morgan fingerprint density at radius 1 is 0.372 bits per heavy atom. The van der Waals surface area contributed by atoms with Crippen LogP contribution in [0.25, 0.3) is 0 Å². The lowest BCUT2D eigenvalue weighted by atomic mass is 10.0. The molecule has 4 nitrogen and oxygen atoms in total. The molecule has 0 heterocycles. The summed E-state index contributed by atoms with van der Waals surface area (Å²) in [4.78, 5) is 37.2. The molecule has 0 aromatic rings. The molecule has 0 saturated carbocycles. The third kappa shape index (κ3) is 31.0. The molecular formula is C38H74NO3P. The van der Waals surface area contributed by atoms with E-state index in [1.54, 1.807) is 0 Å². The van der Waals surface area contributed by atoms with Gasteiger partial charge in [-0.05, 0) is 12.8 Å². The number of primary amides is 1. The van der Waals surface area contributed by atoms with E-state index in [4.69, 9.17) is 5.73 Å². The summed E-state index contributed by atoms with van der Waals surface area (Å²) in [5, 5.41) is 0. The second-order valence-corrected chi connectivity index (χ2v) is 15.4. The molecule has 254 valence electrons. The van der Waals surface area contributed by atoms with Crippen LogP contribution in [0.4, 0.5) is 0 Å². The van der Waals surface area contributed by atoms with Crippen molar-refractivity contribution < 1.29 is 14.4 Å². The zero-order valence-corrected chi connectivity index (χ0v) is 30.0. The minimum atomic E-state index is -1.56. The van der Waals surface area contributed by atoms with Crippen LogP contribution in [-0.4, -0.2) is 23.1 Å². The summed E-state index contributed by atoms with van der Waals surface area (Å²) in [5.74, 6) is -0.513. The second kappa shape index (κ2) is 34.1. The van der Waals surface area contributed by atoms with Crippen LogP contribution >= 0.6 is 7.92 Å². The van der Waals surface area contributed by atoms with Crippen molar-refractivity contribution in [3.05, 3.63) is 0 Å². The van der Waals surface area contributed by atoms with E-state index in [-0.39, 0.29) is 17.2 Å². The highest BCUT2D eigenvalue weighted by atomic mass is 31.1. The van der Waals surface area contributed by atoms with Crippen LogP contribution in [0, 0.1) is 0 Å². The van der Waals surface area contributed by atoms with Gasteiger partial charge in [0.25, 0.3) is 0 Å². The molecule has 2 N–H and O–H groups in total. The SMILES string of the molecule is CCCCCCCCCCCCCCCCCC(=O)P(CC(N)=O)C(=O)CCCCCCCCCCCCCCCCC. The maximum Gasteiger partial charge on any atom is 0.222 e. The van der Waals surface area contributed by atoms with Crippen molar-refractivity contribution >= 4 is 24.9 Å². The lowest BCUT2D eigenvalue weighted by molar-refractivity contribution is -0.118. The number of amides is 1. The summed E-state index contributed by atoms with van der Waals surface area (Å²) in [6, 6.07) is 0. The number of hydrogen-bond donors (Lipinski definition) is 1. The summed E-state index contributed by atoms with van der Waals surface area (Å²) in [5.41, 5.74) is 5.40. The van der Waals surface area contributed by atoms with E-state index >= 15 is 0 Å². The standard InChI is InChI=1S/C38H74NO3P/c1-3-5-7-9-11-13-15-17-19-21-23-25-27-29-31-33-37(41)43(35-36(39)40)38(42)34-32-30-28-26-24-22-20-18-16-14-12-10-8-6-4-2/h3-35H2,1-2H3,(H2,39,40). The molecule has 1 amide bonds. The molecule has 0 saturated heterocycles. The molecule has 0 aliphatic carbocycles. The van der Waals surface area contributed by atoms with Crippen molar-refractivity contribution in [3.8, 4) is 0 Å². The summed E-state index contributed by atoms with van der Waals surface area (Å²) in [6.45, 7) is 4.54. The zero-order chi connectivity index (χ0) is 31.6. The van der Waals surface area contributed by atoms with Crippen LogP contribution in [0.5, 0.6) is 0 Å². The molecule has 0 aliphatic rings. The normalized spacial score (nSPS) is 11.4. The Bertz CT molecular complexity index is 593. The lowest BCUT2D eigenvalue weighted by Gasteiger charge is -2.13. The van der Waals surface area contributed by atoms with Gasteiger partial charge in [0.1, 0.15) is 0 Å². The predicted molar refractivity (Wildman–Crippen MR) is 190 cm³/mol. The Morgan fingerprint density at radius 2 is 0.581 bits per heavy atom. The average molecular weight is 624 g/mol. The van der Waals surface area contributed by atoms with Crippen molar-refractivity contribution in [1.82, 2.24) is 0 Å². The summed E-state index contributed by atoms with van der Waals surface area (Å²) < 4.78 is 0. The van der Waals surface area contributed by atoms with E-state index in [1.807, 2.05) is 0 Å². The average Bonchev–Trinajstić information content (AvgIpc) is 2.99. The molecule has 0 aromatic carbocycles. The van der Waals surface area contributed by atoms with E-state index in [0.29, 0.717) is 12.8 Å². The van der Waals surface area contributed by atoms with Crippen molar-refractivity contribution in [2.24, 2.45) is 5.73 Å². The number of rotatable bonds is 36. The summed E-state index contributed by atoms with van der Waals surface area (Å²) >= 11 is 0. The molecular weight excluding hydrogens is 549 g/mol. The van der Waals surface area contributed by atoms with Crippen LogP contribution in [0.15, 0.2) is 0 Å². The van der Waals surface area contributed by atoms with Crippen LogP contribution in [0.3, 0.4) is 0 Å². The van der Waals surface area contributed by atoms with Gasteiger partial charge in [0.2, 0.25) is 5.91 Å². The smallest absolute Gasteiger partial charge is 0.222 e. The first-order valence-electron chi connectivity index (χ1n) is 19.1. The lowest BCUT2D eigenvalue weighted by Crippen LogP contribution is -2.20. The van der Waals surface area contributed by atoms with E-state index in [9.17, 15) is 14.4 Å². The van der Waals surface area contributed by atoms with Crippen molar-refractivity contribution in [2.45, 2.75) is 219 Å². The van der Waals surface area contributed by atoms with Crippen molar-refractivity contribution in [1.29, 1.82) is 0 Å². The fourth-order valence-electron chi connectivity index (χ4n) is 6.04. The van der Waals surface area contributed by atoms with Gasteiger partial charge in [0.15, 0.2) is 11.0 Å². The molecule has 0 spiro atoms. The molecule has 0 aromatic heterocycles. The largest absolute Gasteiger partial charge is 0.369 e. The van der Waals surface area contributed by atoms with Gasteiger partial charge in [0.05, 0.1) is 6.16 Å². The Labute approximate surface area is 270 Å². The second-order valence-electron chi connectivity index (χ2n) is 13.2. The Balaban J connectivity index is 3.76. The predicted octanol–water partition coefficient (Wildman–Crippen LogP) is 12.5. The minimum Gasteiger partial charge on any atom is -0.369 e. The Hall–Kier alpha value is -0.760. The first-order chi connectivity index (χ1) is 21.0. The first-order valence-corrected chi connectivity index (χ1v) is 20.7. The van der Waals surface area contributed by atoms with E-state index in [1.165, 1.54) is 154 Å². The van der Waals surface area contributed by atoms with Gasteiger partial charge in [-0.25, -0.2) is 0 Å². The van der Waals surface area contributed by atoms with Gasteiger partial charge >= 0.3 is 0 Å². The molecule has 0 radical (unpaired) electrons. The third-order valence-electron chi connectivity index (χ3n) is 8.90. The van der Waals surface area contributed by atoms with Crippen LogP contribution in [0.2, 0.25) is 0 Å². The van der Waals surface area contributed by atoms with E-state index < -0.39 is 13.8 Å². The van der Waals surface area contributed by atoms with Crippen LogP contribution < -0.4 is 5.73 Å². The van der Waals surface area contributed by atoms with Gasteiger partial charge in [0, 0.05) is 20.8 Å². The monoisotopic (exact) mass is 624 g/mol. The zero-order valence-electron chi connectivity index (χ0n) is 29.1. The molecule has 0 fully saturated rings. The summed E-state index contributed by atoms with van der Waals surface area (Å²) in [6.07, 6.45) is 39.5. The van der Waals surface area contributed by atoms with Crippen LogP contribution in [0.1, 0.15) is 219 Å². The fraction of sp³-hybridized carbons (Fsp3) is 0.921.